The maximum absolute atomic E-state index is 12.5. The van der Waals surface area contributed by atoms with E-state index >= 15 is 0 Å². The van der Waals surface area contributed by atoms with Crippen LogP contribution in [0.15, 0.2) is 47.6 Å². The average Bonchev–Trinajstić information content (AvgIpc) is 2.62. The van der Waals surface area contributed by atoms with Crippen molar-refractivity contribution in [2.75, 3.05) is 5.32 Å². The number of anilines is 1. The number of alkyl halides is 2. The van der Waals surface area contributed by atoms with E-state index in [4.69, 9.17) is 10.00 Å². The smallest absolute Gasteiger partial charge is 0.341 e. The van der Waals surface area contributed by atoms with Crippen LogP contribution < -0.4 is 5.32 Å². The molecule has 0 fully saturated rings. The number of para-hydroxylation sites is 1. The number of hydrogen-bond donors (Lipinski definition) is 1. The third-order valence-corrected chi connectivity index (χ3v) is 3.88. The molecule has 1 amide bonds. The lowest BCUT2D eigenvalue weighted by molar-refractivity contribution is -0.123. The Morgan fingerprint density at radius 2 is 2.00 bits per heavy atom. The van der Waals surface area contributed by atoms with Crippen molar-refractivity contribution in [3.63, 3.8) is 0 Å². The third-order valence-electron chi connectivity index (χ3n) is 3.15. The van der Waals surface area contributed by atoms with Gasteiger partial charge in [-0.3, -0.25) is 4.79 Å². The molecule has 2 rings (SSSR count). The van der Waals surface area contributed by atoms with Gasteiger partial charge in [-0.2, -0.15) is 14.0 Å². The number of esters is 1. The van der Waals surface area contributed by atoms with Gasteiger partial charge in [-0.25, -0.2) is 9.78 Å². The molecule has 0 unspecified atom stereocenters. The minimum absolute atomic E-state index is 0.115. The van der Waals surface area contributed by atoms with E-state index in [-0.39, 0.29) is 33.6 Å². The molecule has 1 atom stereocenters. The van der Waals surface area contributed by atoms with E-state index in [0.717, 1.165) is 0 Å². The lowest BCUT2D eigenvalue weighted by Gasteiger charge is -2.15. The number of benzene rings is 1. The Hall–Kier alpha value is -2.99. The van der Waals surface area contributed by atoms with Crippen molar-refractivity contribution in [2.24, 2.45) is 0 Å². The number of ether oxygens (including phenoxy) is 1. The number of carbonyl (C=O) groups excluding carboxylic acids is 2. The second kappa shape index (κ2) is 8.92. The van der Waals surface area contributed by atoms with Crippen LogP contribution in [0.25, 0.3) is 0 Å². The zero-order chi connectivity index (χ0) is 19.1. The van der Waals surface area contributed by atoms with Gasteiger partial charge in [-0.15, -0.1) is 0 Å². The van der Waals surface area contributed by atoms with Crippen LogP contribution in [0.5, 0.6) is 0 Å². The number of amides is 1. The molecule has 9 heteroatoms. The van der Waals surface area contributed by atoms with Gasteiger partial charge < -0.3 is 10.1 Å². The summed E-state index contributed by atoms with van der Waals surface area (Å²) in [7, 11) is 0. The number of pyridine rings is 1. The van der Waals surface area contributed by atoms with Gasteiger partial charge in [-0.1, -0.05) is 12.1 Å². The van der Waals surface area contributed by atoms with Crippen molar-refractivity contribution in [3.05, 3.63) is 53.7 Å². The van der Waals surface area contributed by atoms with Crippen molar-refractivity contribution in [2.45, 2.75) is 23.8 Å². The molecule has 1 heterocycles. The zero-order valence-electron chi connectivity index (χ0n) is 13.5. The standard InChI is InChI=1S/C17H13F2N3O3S/c1-10(14(23)22-13-7-3-2-5-11(13)9-20)25-16(24)12-6-4-8-21-15(12)26-17(18)19/h2-8,10,17H,1H3,(H,22,23)/t10-/m0/s1. The molecule has 2 aromatic rings. The Labute approximate surface area is 152 Å². The van der Waals surface area contributed by atoms with Crippen LogP contribution in [-0.4, -0.2) is 28.7 Å². The van der Waals surface area contributed by atoms with Gasteiger partial charge in [0.2, 0.25) is 0 Å². The summed E-state index contributed by atoms with van der Waals surface area (Å²) in [6.45, 7) is 1.33. The van der Waals surface area contributed by atoms with Crippen LogP contribution in [-0.2, 0) is 9.53 Å². The molecule has 0 radical (unpaired) electrons. The largest absolute Gasteiger partial charge is 0.449 e. The predicted octanol–water partition coefficient (Wildman–Crippen LogP) is 3.45. The van der Waals surface area contributed by atoms with Gasteiger partial charge in [-0.05, 0) is 43.0 Å². The summed E-state index contributed by atoms with van der Waals surface area (Å²) >= 11 is 0.115. The highest BCUT2D eigenvalue weighted by Crippen LogP contribution is 2.27. The van der Waals surface area contributed by atoms with Crippen molar-refractivity contribution in [1.29, 1.82) is 5.26 Å². The highest BCUT2D eigenvalue weighted by molar-refractivity contribution is 7.99. The lowest BCUT2D eigenvalue weighted by Crippen LogP contribution is -2.30. The van der Waals surface area contributed by atoms with E-state index in [9.17, 15) is 18.4 Å². The van der Waals surface area contributed by atoms with E-state index in [0.29, 0.717) is 0 Å². The monoisotopic (exact) mass is 377 g/mol. The second-order valence-electron chi connectivity index (χ2n) is 4.93. The molecule has 0 saturated carbocycles. The van der Waals surface area contributed by atoms with Crippen molar-refractivity contribution >= 4 is 29.3 Å². The Bertz CT molecular complexity index is 855. The average molecular weight is 377 g/mol. The minimum atomic E-state index is -2.75. The molecule has 1 aromatic heterocycles. The SMILES string of the molecule is C[C@H](OC(=O)c1cccnc1SC(F)F)C(=O)Nc1ccccc1C#N. The summed E-state index contributed by atoms with van der Waals surface area (Å²) in [6, 6.07) is 10.9. The van der Waals surface area contributed by atoms with Crippen molar-refractivity contribution in [1.82, 2.24) is 4.98 Å². The molecule has 134 valence electrons. The van der Waals surface area contributed by atoms with Gasteiger partial charge in [0.15, 0.2) is 6.10 Å². The first-order valence-corrected chi connectivity index (χ1v) is 8.21. The van der Waals surface area contributed by atoms with E-state index in [2.05, 4.69) is 10.3 Å². The molecule has 0 aliphatic carbocycles. The maximum atomic E-state index is 12.5. The first kappa shape index (κ1) is 19.3. The van der Waals surface area contributed by atoms with Crippen molar-refractivity contribution in [3.8, 4) is 6.07 Å². The normalized spacial score (nSPS) is 11.5. The van der Waals surface area contributed by atoms with Crippen molar-refractivity contribution < 1.29 is 23.1 Å². The molecule has 1 N–H and O–H groups in total. The fraction of sp³-hybridized carbons (Fsp3) is 0.176. The number of hydrogen-bond acceptors (Lipinski definition) is 6. The molecule has 0 aliphatic heterocycles. The van der Waals surface area contributed by atoms with Crippen LogP contribution in [0.2, 0.25) is 0 Å². The molecule has 1 aromatic carbocycles. The molecule has 0 aliphatic rings. The van der Waals surface area contributed by atoms with Gasteiger partial charge in [0, 0.05) is 6.20 Å². The van der Waals surface area contributed by atoms with Crippen LogP contribution in [0.4, 0.5) is 14.5 Å². The zero-order valence-corrected chi connectivity index (χ0v) is 14.3. The first-order valence-electron chi connectivity index (χ1n) is 7.33. The Balaban J connectivity index is 2.07. The number of nitrogens with one attached hydrogen (secondary N) is 1. The van der Waals surface area contributed by atoms with Gasteiger partial charge in [0.1, 0.15) is 11.1 Å². The molecular weight excluding hydrogens is 364 g/mol. The number of halogens is 2. The minimum Gasteiger partial charge on any atom is -0.449 e. The number of rotatable bonds is 6. The van der Waals surface area contributed by atoms with E-state index in [1.54, 1.807) is 12.1 Å². The van der Waals surface area contributed by atoms with E-state index < -0.39 is 23.7 Å². The topological polar surface area (TPSA) is 92.1 Å². The Morgan fingerprint density at radius 3 is 2.69 bits per heavy atom. The fourth-order valence-corrected chi connectivity index (χ4v) is 2.49. The van der Waals surface area contributed by atoms with Gasteiger partial charge >= 0.3 is 5.97 Å². The van der Waals surface area contributed by atoms with Crippen LogP contribution in [0, 0.1) is 11.3 Å². The summed E-state index contributed by atoms with van der Waals surface area (Å²) in [4.78, 5) is 28.1. The summed E-state index contributed by atoms with van der Waals surface area (Å²) in [6.07, 6.45) is 0.0649. The summed E-state index contributed by atoms with van der Waals surface area (Å²) in [5, 5.41) is 11.3. The third kappa shape index (κ3) is 5.00. The van der Waals surface area contributed by atoms with E-state index in [1.807, 2.05) is 6.07 Å². The lowest BCUT2D eigenvalue weighted by atomic mass is 10.2. The Kier molecular flexibility index (Phi) is 6.63. The second-order valence-corrected chi connectivity index (χ2v) is 5.91. The van der Waals surface area contributed by atoms with Gasteiger partial charge in [0.05, 0.1) is 16.8 Å². The number of nitrogens with zero attached hydrogens (tertiary/aromatic N) is 2. The predicted molar refractivity (Wildman–Crippen MR) is 90.8 cm³/mol. The highest BCUT2D eigenvalue weighted by Gasteiger charge is 2.23. The highest BCUT2D eigenvalue weighted by atomic mass is 32.2. The van der Waals surface area contributed by atoms with Gasteiger partial charge in [0.25, 0.3) is 11.7 Å². The quantitative estimate of drug-likeness (QED) is 0.612. The number of carbonyl (C=O) groups is 2. The van der Waals surface area contributed by atoms with E-state index in [1.165, 1.54) is 37.4 Å². The molecule has 26 heavy (non-hydrogen) atoms. The molecule has 0 spiro atoms. The summed E-state index contributed by atoms with van der Waals surface area (Å²) in [5.74, 6) is -4.36. The summed E-state index contributed by atoms with van der Waals surface area (Å²) < 4.78 is 30.1. The van der Waals surface area contributed by atoms with Crippen LogP contribution in [0.3, 0.4) is 0 Å². The first-order chi connectivity index (χ1) is 12.4. The van der Waals surface area contributed by atoms with Crippen LogP contribution in [0.1, 0.15) is 22.8 Å². The number of aromatic nitrogens is 1. The fourth-order valence-electron chi connectivity index (χ4n) is 1.93. The number of thioether (sulfide) groups is 1. The number of nitriles is 1. The van der Waals surface area contributed by atoms with Crippen LogP contribution >= 0.6 is 11.8 Å². The molecule has 0 saturated heterocycles. The molecule has 6 nitrogen and oxygen atoms in total. The maximum Gasteiger partial charge on any atom is 0.341 e. The molecular formula is C17H13F2N3O3S. The molecule has 0 bridgehead atoms. The Morgan fingerprint density at radius 1 is 1.27 bits per heavy atom. The summed E-state index contributed by atoms with van der Waals surface area (Å²) in [5.41, 5.74) is 0.371.